The molecule has 2 nitrogen and oxygen atoms in total. The molecule has 2 heteroatoms. The molecule has 0 spiro atoms. The molecule has 1 heterocycles. The molecule has 0 unspecified atom stereocenters. The maximum atomic E-state index is 5.01. The standard InChI is InChI=1S/C9H13NO/c1-8-5-3-4-6-9(11-2)10-7-8/h5-7H,3-4H2,1-2H3/b8-5+,9-6?,10-7?. The van der Waals surface area contributed by atoms with E-state index in [0.29, 0.717) is 0 Å². The molecule has 0 saturated heterocycles. The first-order valence-corrected chi connectivity index (χ1v) is 3.78. The summed E-state index contributed by atoms with van der Waals surface area (Å²) in [4.78, 5) is 4.13. The zero-order valence-corrected chi connectivity index (χ0v) is 7.00. The summed E-state index contributed by atoms with van der Waals surface area (Å²) in [5, 5.41) is 0. The van der Waals surface area contributed by atoms with Crippen molar-refractivity contribution >= 4 is 6.21 Å². The zero-order chi connectivity index (χ0) is 8.10. The molecule has 0 aliphatic carbocycles. The summed E-state index contributed by atoms with van der Waals surface area (Å²) < 4.78 is 5.01. The normalized spacial score (nSPS) is 22.7. The van der Waals surface area contributed by atoms with Crippen LogP contribution in [0.25, 0.3) is 0 Å². The minimum absolute atomic E-state index is 0.720. The van der Waals surface area contributed by atoms with E-state index in [2.05, 4.69) is 11.1 Å². The molecule has 0 N–H and O–H groups in total. The van der Waals surface area contributed by atoms with Gasteiger partial charge in [0.05, 0.1) is 7.11 Å². The SMILES string of the molecule is COC1=CCC/C=C(\C)C=N1. The second kappa shape index (κ2) is 3.96. The minimum Gasteiger partial charge on any atom is -0.481 e. The van der Waals surface area contributed by atoms with E-state index in [0.717, 1.165) is 18.7 Å². The van der Waals surface area contributed by atoms with Gasteiger partial charge in [0.2, 0.25) is 5.88 Å². The quantitative estimate of drug-likeness (QED) is 0.563. The van der Waals surface area contributed by atoms with Crippen LogP contribution in [0.2, 0.25) is 0 Å². The smallest absolute Gasteiger partial charge is 0.208 e. The molecule has 1 rings (SSSR count). The Kier molecular flexibility index (Phi) is 2.90. The van der Waals surface area contributed by atoms with Gasteiger partial charge in [0.15, 0.2) is 0 Å². The van der Waals surface area contributed by atoms with Crippen LogP contribution in [0.3, 0.4) is 0 Å². The molecule has 0 fully saturated rings. The van der Waals surface area contributed by atoms with Crippen LogP contribution in [-0.4, -0.2) is 13.3 Å². The van der Waals surface area contributed by atoms with Crippen molar-refractivity contribution in [3.05, 3.63) is 23.6 Å². The lowest BCUT2D eigenvalue weighted by molar-refractivity contribution is 0.287. The lowest BCUT2D eigenvalue weighted by atomic mass is 10.2. The zero-order valence-electron chi connectivity index (χ0n) is 7.00. The molecule has 0 amide bonds. The van der Waals surface area contributed by atoms with Crippen molar-refractivity contribution in [1.29, 1.82) is 0 Å². The number of rotatable bonds is 1. The number of allylic oxidation sites excluding steroid dienone is 3. The van der Waals surface area contributed by atoms with Crippen molar-refractivity contribution in [3.8, 4) is 0 Å². The van der Waals surface area contributed by atoms with E-state index in [-0.39, 0.29) is 0 Å². The third kappa shape index (κ3) is 2.58. The summed E-state index contributed by atoms with van der Waals surface area (Å²) in [5.74, 6) is 0.720. The Balaban J connectivity index is 2.71. The van der Waals surface area contributed by atoms with Crippen LogP contribution in [0.5, 0.6) is 0 Å². The second-order valence-electron chi connectivity index (χ2n) is 2.53. The molecule has 1 aliphatic heterocycles. The number of ether oxygens (including phenoxy) is 1. The molecule has 1 aliphatic rings. The number of aliphatic imine (C=N–C) groups is 1. The van der Waals surface area contributed by atoms with E-state index < -0.39 is 0 Å². The molecule has 0 radical (unpaired) electrons. The first-order chi connectivity index (χ1) is 5.33. The largest absolute Gasteiger partial charge is 0.481 e. The highest BCUT2D eigenvalue weighted by molar-refractivity contribution is 5.78. The van der Waals surface area contributed by atoms with Gasteiger partial charge < -0.3 is 4.74 Å². The van der Waals surface area contributed by atoms with Gasteiger partial charge in [-0.2, -0.15) is 0 Å². The van der Waals surface area contributed by atoms with Crippen LogP contribution in [-0.2, 0) is 4.74 Å². The van der Waals surface area contributed by atoms with Gasteiger partial charge in [0, 0.05) is 6.21 Å². The summed E-state index contributed by atoms with van der Waals surface area (Å²) in [6.45, 7) is 2.04. The highest BCUT2D eigenvalue weighted by Gasteiger charge is 1.93. The van der Waals surface area contributed by atoms with Crippen LogP contribution in [0.15, 0.2) is 28.6 Å². The monoisotopic (exact) mass is 151 g/mol. The van der Waals surface area contributed by atoms with E-state index in [9.17, 15) is 0 Å². The van der Waals surface area contributed by atoms with Crippen molar-refractivity contribution < 1.29 is 4.74 Å². The highest BCUT2D eigenvalue weighted by Crippen LogP contribution is 2.07. The van der Waals surface area contributed by atoms with Gasteiger partial charge in [0.25, 0.3) is 0 Å². The topological polar surface area (TPSA) is 21.6 Å². The van der Waals surface area contributed by atoms with Crippen LogP contribution in [0.4, 0.5) is 0 Å². The van der Waals surface area contributed by atoms with Crippen molar-refractivity contribution in [1.82, 2.24) is 0 Å². The van der Waals surface area contributed by atoms with Gasteiger partial charge >= 0.3 is 0 Å². The van der Waals surface area contributed by atoms with Crippen molar-refractivity contribution in [2.24, 2.45) is 4.99 Å². The third-order valence-electron chi connectivity index (χ3n) is 1.56. The first-order valence-electron chi connectivity index (χ1n) is 3.78. The molecule has 0 atom stereocenters. The lowest BCUT2D eigenvalue weighted by Crippen LogP contribution is -1.88. The summed E-state index contributed by atoms with van der Waals surface area (Å²) in [6.07, 6.45) is 8.09. The molecular formula is C9H13NO. The van der Waals surface area contributed by atoms with E-state index in [1.807, 2.05) is 19.2 Å². The van der Waals surface area contributed by atoms with Gasteiger partial charge in [-0.05, 0) is 31.4 Å². The molecule has 60 valence electrons. The van der Waals surface area contributed by atoms with Gasteiger partial charge in [-0.25, -0.2) is 4.99 Å². The number of methoxy groups -OCH3 is 1. The fourth-order valence-electron chi connectivity index (χ4n) is 0.925. The van der Waals surface area contributed by atoms with Crippen LogP contribution >= 0.6 is 0 Å². The molecular weight excluding hydrogens is 138 g/mol. The summed E-state index contributed by atoms with van der Waals surface area (Å²) in [7, 11) is 1.64. The predicted octanol–water partition coefficient (Wildman–Crippen LogP) is 2.29. The van der Waals surface area contributed by atoms with Crippen molar-refractivity contribution in [3.63, 3.8) is 0 Å². The van der Waals surface area contributed by atoms with Crippen molar-refractivity contribution in [2.75, 3.05) is 7.11 Å². The van der Waals surface area contributed by atoms with E-state index >= 15 is 0 Å². The summed E-state index contributed by atoms with van der Waals surface area (Å²) >= 11 is 0. The Morgan fingerprint density at radius 3 is 2.82 bits per heavy atom. The average Bonchev–Trinajstić information content (AvgIpc) is 1.98. The molecule has 0 bridgehead atoms. The maximum absolute atomic E-state index is 5.01. The van der Waals surface area contributed by atoms with Gasteiger partial charge in [0.1, 0.15) is 0 Å². The van der Waals surface area contributed by atoms with Crippen LogP contribution < -0.4 is 0 Å². The third-order valence-corrected chi connectivity index (χ3v) is 1.56. The average molecular weight is 151 g/mol. The first kappa shape index (κ1) is 8.05. The second-order valence-corrected chi connectivity index (χ2v) is 2.53. The minimum atomic E-state index is 0.720. The fraction of sp³-hybridized carbons (Fsp3) is 0.444. The summed E-state index contributed by atoms with van der Waals surface area (Å²) in [5.41, 5.74) is 1.20. The van der Waals surface area contributed by atoms with Gasteiger partial charge in [-0.3, -0.25) is 0 Å². The predicted molar refractivity (Wildman–Crippen MR) is 46.6 cm³/mol. The molecule has 0 saturated carbocycles. The molecule has 0 aromatic heterocycles. The van der Waals surface area contributed by atoms with Crippen molar-refractivity contribution in [2.45, 2.75) is 19.8 Å². The van der Waals surface area contributed by atoms with Gasteiger partial charge in [-0.1, -0.05) is 6.08 Å². The fourth-order valence-corrected chi connectivity index (χ4v) is 0.925. The Bertz CT molecular complexity index is 214. The molecule has 0 aromatic rings. The Morgan fingerprint density at radius 2 is 2.09 bits per heavy atom. The Labute approximate surface area is 67.3 Å². The number of hydrogen-bond acceptors (Lipinski definition) is 2. The van der Waals surface area contributed by atoms with Gasteiger partial charge in [-0.15, -0.1) is 0 Å². The number of hydrogen-bond donors (Lipinski definition) is 0. The maximum Gasteiger partial charge on any atom is 0.208 e. The summed E-state index contributed by atoms with van der Waals surface area (Å²) in [6, 6.07) is 0. The van der Waals surface area contributed by atoms with E-state index in [1.165, 1.54) is 5.57 Å². The highest BCUT2D eigenvalue weighted by atomic mass is 16.5. The van der Waals surface area contributed by atoms with Crippen LogP contribution in [0.1, 0.15) is 19.8 Å². The molecule has 11 heavy (non-hydrogen) atoms. The van der Waals surface area contributed by atoms with E-state index in [1.54, 1.807) is 7.11 Å². The Hall–Kier alpha value is -1.05. The lowest BCUT2D eigenvalue weighted by Gasteiger charge is -2.02. The molecule has 0 aromatic carbocycles. The van der Waals surface area contributed by atoms with Crippen LogP contribution in [0, 0.1) is 0 Å². The Morgan fingerprint density at radius 1 is 1.36 bits per heavy atom. The number of nitrogens with zero attached hydrogens (tertiary/aromatic N) is 1. The van der Waals surface area contributed by atoms with E-state index in [4.69, 9.17) is 4.74 Å².